The van der Waals surface area contributed by atoms with Gasteiger partial charge in [0.25, 0.3) is 0 Å². The van der Waals surface area contributed by atoms with Crippen molar-refractivity contribution in [3.63, 3.8) is 0 Å². The minimum absolute atomic E-state index is 0.356. The predicted molar refractivity (Wildman–Crippen MR) is 19.1 cm³/mol. The number of hydrogen-bond acceptors (Lipinski definition) is 2. The SMILES string of the molecule is [2H]C1=NOCC1. The van der Waals surface area contributed by atoms with Crippen molar-refractivity contribution in [2.45, 2.75) is 6.42 Å². The Morgan fingerprint density at radius 3 is 3.40 bits per heavy atom. The first-order chi connectivity index (χ1) is 2.89. The average molecular weight is 72.1 g/mol. The highest BCUT2D eigenvalue weighted by Gasteiger charge is 1.86. The Balaban J connectivity index is 2.45. The summed E-state index contributed by atoms with van der Waals surface area (Å²) in [5.41, 5.74) is 0. The smallest absolute Gasteiger partial charge is 0.122 e. The molecule has 0 aromatic rings. The molecule has 1 aliphatic rings. The summed E-state index contributed by atoms with van der Waals surface area (Å²) in [7, 11) is 0. The molecular formula is C3H5NO. The summed E-state index contributed by atoms with van der Waals surface area (Å²) in [6.45, 7) is 0.596. The van der Waals surface area contributed by atoms with Gasteiger partial charge in [-0.2, -0.15) is 0 Å². The first kappa shape index (κ1) is 1.80. The molecule has 0 saturated carbocycles. The number of rotatable bonds is 0. The molecule has 1 rings (SSSR count). The summed E-state index contributed by atoms with van der Waals surface area (Å²) < 4.78 is 6.76. The molecule has 0 N–H and O–H groups in total. The molecule has 0 saturated heterocycles. The Kier molecular flexibility index (Phi) is 0.381. The zero-order valence-corrected chi connectivity index (χ0v) is 2.77. The third kappa shape index (κ3) is 0.375. The molecule has 28 valence electrons. The molecule has 0 fully saturated rings. The van der Waals surface area contributed by atoms with Crippen LogP contribution in [0, 0.1) is 0 Å². The van der Waals surface area contributed by atoms with Crippen LogP contribution in [0.15, 0.2) is 5.16 Å². The summed E-state index contributed by atoms with van der Waals surface area (Å²) in [6, 6.07) is 0. The van der Waals surface area contributed by atoms with E-state index < -0.39 is 0 Å². The van der Waals surface area contributed by atoms with Gasteiger partial charge in [0.1, 0.15) is 6.61 Å². The highest BCUT2D eigenvalue weighted by molar-refractivity contribution is 5.57. The van der Waals surface area contributed by atoms with Gasteiger partial charge in [-0.05, 0) is 0 Å². The second-order valence-corrected chi connectivity index (χ2v) is 0.833. The summed E-state index contributed by atoms with van der Waals surface area (Å²) >= 11 is 0. The van der Waals surface area contributed by atoms with Crippen molar-refractivity contribution in [1.82, 2.24) is 0 Å². The van der Waals surface area contributed by atoms with E-state index in [1.54, 1.807) is 0 Å². The molecular weight excluding hydrogens is 66.0 g/mol. The normalized spacial score (nSPS) is 24.0. The first-order valence-corrected chi connectivity index (χ1v) is 1.55. The van der Waals surface area contributed by atoms with E-state index >= 15 is 0 Å². The van der Waals surface area contributed by atoms with E-state index in [9.17, 15) is 0 Å². The molecule has 0 radical (unpaired) electrons. The average Bonchev–Trinajstić information content (AvgIpc) is 1.86. The zero-order chi connectivity index (χ0) is 4.41. The third-order valence-electron chi connectivity index (χ3n) is 0.434. The van der Waals surface area contributed by atoms with E-state index in [1.165, 1.54) is 0 Å². The molecule has 0 amide bonds. The van der Waals surface area contributed by atoms with Crippen LogP contribution in [-0.2, 0) is 4.84 Å². The van der Waals surface area contributed by atoms with Crippen molar-refractivity contribution in [3.8, 4) is 0 Å². The topological polar surface area (TPSA) is 21.6 Å². The standard InChI is InChI=1S/C3H5NO/c1-2-4-5-3-1/h2H,1,3H2/i2D. The number of hydrogen-bond donors (Lipinski definition) is 0. The van der Waals surface area contributed by atoms with E-state index in [2.05, 4.69) is 9.99 Å². The minimum Gasteiger partial charge on any atom is -0.396 e. The lowest BCUT2D eigenvalue weighted by molar-refractivity contribution is 0.174. The van der Waals surface area contributed by atoms with E-state index in [0.717, 1.165) is 0 Å². The molecule has 0 bridgehead atoms. The Labute approximate surface area is 31.8 Å². The Morgan fingerprint density at radius 1 is 2.20 bits per heavy atom. The summed E-state index contributed by atoms with van der Waals surface area (Å²) in [4.78, 5) is 4.46. The molecule has 1 aliphatic heterocycles. The lowest BCUT2D eigenvalue weighted by atomic mass is 10.5. The Hall–Kier alpha value is -0.530. The van der Waals surface area contributed by atoms with Gasteiger partial charge in [0.15, 0.2) is 0 Å². The molecule has 0 unspecified atom stereocenters. The van der Waals surface area contributed by atoms with E-state index in [-0.39, 0.29) is 0 Å². The van der Waals surface area contributed by atoms with E-state index in [0.29, 0.717) is 19.2 Å². The first-order valence-electron chi connectivity index (χ1n) is 2.05. The van der Waals surface area contributed by atoms with Gasteiger partial charge in [0, 0.05) is 12.6 Å². The van der Waals surface area contributed by atoms with Crippen LogP contribution in [0.4, 0.5) is 0 Å². The fourth-order valence-corrected chi connectivity index (χ4v) is 0.228. The van der Waals surface area contributed by atoms with Crippen LogP contribution < -0.4 is 0 Å². The fourth-order valence-electron chi connectivity index (χ4n) is 0.228. The molecule has 0 atom stereocenters. The molecule has 2 nitrogen and oxygen atoms in total. The predicted octanol–water partition coefficient (Wildman–Crippen LogP) is 0.393. The minimum atomic E-state index is 0.356. The summed E-state index contributed by atoms with van der Waals surface area (Å²) in [5.74, 6) is 0. The van der Waals surface area contributed by atoms with Crippen LogP contribution in [0.2, 0.25) is 0 Å². The van der Waals surface area contributed by atoms with Crippen molar-refractivity contribution >= 4 is 6.19 Å². The van der Waals surface area contributed by atoms with E-state index in [4.69, 9.17) is 1.37 Å². The van der Waals surface area contributed by atoms with Gasteiger partial charge in [-0.1, -0.05) is 5.16 Å². The molecule has 0 aliphatic carbocycles. The maximum absolute atomic E-state index is 6.76. The zero-order valence-electron chi connectivity index (χ0n) is 3.77. The van der Waals surface area contributed by atoms with Gasteiger partial charge in [-0.25, -0.2) is 0 Å². The van der Waals surface area contributed by atoms with Gasteiger partial charge in [-0.15, -0.1) is 0 Å². The second kappa shape index (κ2) is 1.06. The Bertz CT molecular complexity index is 80.9. The van der Waals surface area contributed by atoms with Crippen LogP contribution in [0.25, 0.3) is 0 Å². The molecule has 2 heteroatoms. The van der Waals surface area contributed by atoms with Gasteiger partial charge < -0.3 is 4.84 Å². The summed E-state index contributed by atoms with van der Waals surface area (Å²) in [6.07, 6.45) is 1.04. The van der Waals surface area contributed by atoms with Crippen molar-refractivity contribution in [3.05, 3.63) is 0 Å². The lowest BCUT2D eigenvalue weighted by Crippen LogP contribution is -1.72. The van der Waals surface area contributed by atoms with Crippen molar-refractivity contribution in [2.75, 3.05) is 6.61 Å². The monoisotopic (exact) mass is 72.0 g/mol. The molecule has 1 heterocycles. The molecule has 5 heavy (non-hydrogen) atoms. The molecule has 0 aromatic heterocycles. The molecule has 0 spiro atoms. The second-order valence-electron chi connectivity index (χ2n) is 0.833. The highest BCUT2D eigenvalue weighted by Crippen LogP contribution is 1.86. The van der Waals surface area contributed by atoms with Gasteiger partial charge in [0.05, 0.1) is 1.37 Å². The quantitative estimate of drug-likeness (QED) is 0.405. The maximum Gasteiger partial charge on any atom is 0.122 e. The van der Waals surface area contributed by atoms with Gasteiger partial charge in [-0.3, -0.25) is 0 Å². The third-order valence-corrected chi connectivity index (χ3v) is 0.434. The molecule has 0 aromatic carbocycles. The maximum atomic E-state index is 6.76. The summed E-state index contributed by atoms with van der Waals surface area (Å²) in [5, 5.41) is 3.32. The number of nitrogens with zero attached hydrogens (tertiary/aromatic N) is 1. The van der Waals surface area contributed by atoms with Crippen LogP contribution >= 0.6 is 0 Å². The van der Waals surface area contributed by atoms with Crippen LogP contribution in [-0.4, -0.2) is 12.8 Å². The largest absolute Gasteiger partial charge is 0.396 e. The van der Waals surface area contributed by atoms with Crippen LogP contribution in [0.5, 0.6) is 0 Å². The van der Waals surface area contributed by atoms with Gasteiger partial charge >= 0.3 is 0 Å². The van der Waals surface area contributed by atoms with Crippen molar-refractivity contribution < 1.29 is 6.21 Å². The van der Waals surface area contributed by atoms with Crippen molar-refractivity contribution in [1.29, 1.82) is 0 Å². The number of oxime groups is 1. The lowest BCUT2D eigenvalue weighted by Gasteiger charge is -1.76. The van der Waals surface area contributed by atoms with E-state index in [1.807, 2.05) is 0 Å². The Morgan fingerprint density at radius 2 is 3.20 bits per heavy atom. The van der Waals surface area contributed by atoms with Crippen LogP contribution in [0.3, 0.4) is 0 Å². The van der Waals surface area contributed by atoms with Gasteiger partial charge in [0.2, 0.25) is 0 Å². The highest BCUT2D eigenvalue weighted by atomic mass is 16.6. The van der Waals surface area contributed by atoms with Crippen molar-refractivity contribution in [2.24, 2.45) is 5.16 Å². The fraction of sp³-hybridized carbons (Fsp3) is 0.667. The van der Waals surface area contributed by atoms with Crippen LogP contribution in [0.1, 0.15) is 7.79 Å².